The minimum Gasteiger partial charge on any atom is -0.478 e. The number of aliphatic hydroxyl groups excluding tert-OH is 1. The number of carboxylic acid groups (broad SMARTS) is 2. The monoisotopic (exact) mass is 368 g/mol. The number of carboxylic acids is 2. The van der Waals surface area contributed by atoms with Crippen LogP contribution in [0.1, 0.15) is 91.8 Å². The van der Waals surface area contributed by atoms with Crippen molar-refractivity contribution < 1.29 is 30.0 Å². The van der Waals surface area contributed by atoms with Gasteiger partial charge in [0.25, 0.3) is 0 Å². The van der Waals surface area contributed by atoms with Crippen molar-refractivity contribution in [1.29, 1.82) is 0 Å². The van der Waals surface area contributed by atoms with Crippen molar-refractivity contribution in [2.45, 2.75) is 77.4 Å². The zero-order valence-electron chi connectivity index (χ0n) is 15.6. The van der Waals surface area contributed by atoms with Gasteiger partial charge in [0.15, 0.2) is 6.29 Å². The summed E-state index contributed by atoms with van der Waals surface area (Å²) in [6.45, 7) is 2.24. The average Bonchev–Trinajstić information content (AvgIpc) is 2.60. The minimum absolute atomic E-state index is 0.0833. The van der Waals surface area contributed by atoms with E-state index in [0.29, 0.717) is 6.42 Å². The normalized spacial score (nSPS) is 10.3. The molecule has 0 saturated carbocycles. The quantitative estimate of drug-likeness (QED) is 0.323. The van der Waals surface area contributed by atoms with E-state index in [1.54, 1.807) is 0 Å². The standard InChI is InChI=1S/C12H26O2.C8H6O4/c1-2-3-4-5-6-7-8-9-10-11-12(13)14;9-7(10)5-1-2-6(4-3-5)8(11)12/h12-14H,2-11H2,1H3;1-4H,(H,9,10)(H,11,12). The molecule has 0 radical (unpaired) electrons. The van der Waals surface area contributed by atoms with Crippen LogP contribution in [0.5, 0.6) is 0 Å². The van der Waals surface area contributed by atoms with E-state index < -0.39 is 18.2 Å². The molecule has 26 heavy (non-hydrogen) atoms. The molecule has 0 unspecified atom stereocenters. The van der Waals surface area contributed by atoms with Crippen LogP contribution in [0.3, 0.4) is 0 Å². The van der Waals surface area contributed by atoms with Gasteiger partial charge in [0.1, 0.15) is 0 Å². The van der Waals surface area contributed by atoms with E-state index in [1.165, 1.54) is 69.2 Å². The van der Waals surface area contributed by atoms with Gasteiger partial charge in [-0.3, -0.25) is 0 Å². The number of aliphatic hydroxyl groups is 2. The molecule has 0 fully saturated rings. The number of carbonyl (C=O) groups is 2. The first kappa shape index (κ1) is 24.1. The fourth-order valence-corrected chi connectivity index (χ4v) is 2.39. The molecule has 1 aromatic carbocycles. The van der Waals surface area contributed by atoms with Crippen LogP contribution in [-0.2, 0) is 0 Å². The zero-order valence-corrected chi connectivity index (χ0v) is 15.6. The third kappa shape index (κ3) is 13.4. The highest BCUT2D eigenvalue weighted by molar-refractivity contribution is 5.91. The summed E-state index contributed by atoms with van der Waals surface area (Å²) in [7, 11) is 0. The summed E-state index contributed by atoms with van der Waals surface area (Å²) in [6.07, 6.45) is 10.9. The van der Waals surface area contributed by atoms with Gasteiger partial charge in [0.2, 0.25) is 0 Å². The Kier molecular flexibility index (Phi) is 14.2. The topological polar surface area (TPSA) is 115 Å². The number of hydrogen-bond donors (Lipinski definition) is 4. The average molecular weight is 368 g/mol. The van der Waals surface area contributed by atoms with E-state index in [4.69, 9.17) is 20.4 Å². The smallest absolute Gasteiger partial charge is 0.335 e. The molecule has 6 nitrogen and oxygen atoms in total. The predicted molar refractivity (Wildman–Crippen MR) is 100 cm³/mol. The molecular weight excluding hydrogens is 336 g/mol. The highest BCUT2D eigenvalue weighted by Gasteiger charge is 2.04. The van der Waals surface area contributed by atoms with Crippen LogP contribution < -0.4 is 0 Å². The van der Waals surface area contributed by atoms with Crippen molar-refractivity contribution in [1.82, 2.24) is 0 Å². The van der Waals surface area contributed by atoms with Crippen molar-refractivity contribution in [2.75, 3.05) is 0 Å². The van der Waals surface area contributed by atoms with Gasteiger partial charge in [-0.1, -0.05) is 58.3 Å². The van der Waals surface area contributed by atoms with Crippen molar-refractivity contribution in [3.63, 3.8) is 0 Å². The molecule has 0 heterocycles. The van der Waals surface area contributed by atoms with Crippen LogP contribution in [-0.4, -0.2) is 38.7 Å². The second kappa shape index (κ2) is 15.3. The molecule has 1 aromatic rings. The molecule has 4 N–H and O–H groups in total. The highest BCUT2D eigenvalue weighted by Crippen LogP contribution is 2.10. The molecule has 0 saturated heterocycles. The van der Waals surface area contributed by atoms with Gasteiger partial charge in [-0.2, -0.15) is 0 Å². The van der Waals surface area contributed by atoms with E-state index in [1.807, 2.05) is 0 Å². The van der Waals surface area contributed by atoms with Crippen molar-refractivity contribution in [3.8, 4) is 0 Å². The van der Waals surface area contributed by atoms with Crippen molar-refractivity contribution in [2.24, 2.45) is 0 Å². The Bertz CT molecular complexity index is 463. The Labute approximate surface area is 155 Å². The Hall–Kier alpha value is -1.92. The minimum atomic E-state index is -1.10. The summed E-state index contributed by atoms with van der Waals surface area (Å²) >= 11 is 0. The molecule has 0 aromatic heterocycles. The lowest BCUT2D eigenvalue weighted by atomic mass is 10.1. The molecule has 0 aliphatic heterocycles. The van der Waals surface area contributed by atoms with Crippen molar-refractivity contribution in [3.05, 3.63) is 35.4 Å². The van der Waals surface area contributed by atoms with Crippen LogP contribution in [0, 0.1) is 0 Å². The van der Waals surface area contributed by atoms with E-state index >= 15 is 0 Å². The summed E-state index contributed by atoms with van der Waals surface area (Å²) in [5.74, 6) is -2.13. The van der Waals surface area contributed by atoms with E-state index in [9.17, 15) is 9.59 Å². The lowest BCUT2D eigenvalue weighted by Gasteiger charge is -2.03. The summed E-state index contributed by atoms with van der Waals surface area (Å²) in [6, 6.07) is 5.02. The zero-order chi connectivity index (χ0) is 19.8. The molecule has 0 amide bonds. The highest BCUT2D eigenvalue weighted by atomic mass is 16.5. The second-order valence-corrected chi connectivity index (χ2v) is 6.29. The van der Waals surface area contributed by atoms with E-state index in [2.05, 4.69) is 6.92 Å². The van der Waals surface area contributed by atoms with Gasteiger partial charge >= 0.3 is 11.9 Å². The number of unbranched alkanes of at least 4 members (excludes halogenated alkanes) is 8. The predicted octanol–water partition coefficient (Wildman–Crippen LogP) is 4.30. The van der Waals surface area contributed by atoms with Crippen molar-refractivity contribution >= 4 is 11.9 Å². The fourth-order valence-electron chi connectivity index (χ4n) is 2.39. The SMILES string of the molecule is CCCCCCCCCCCC(O)O.O=C(O)c1ccc(C(=O)O)cc1. The van der Waals surface area contributed by atoms with Crippen LogP contribution in [0.2, 0.25) is 0 Å². The maximum atomic E-state index is 10.3. The first-order valence-electron chi connectivity index (χ1n) is 9.31. The maximum Gasteiger partial charge on any atom is 0.335 e. The Morgan fingerprint density at radius 2 is 1.08 bits per heavy atom. The largest absolute Gasteiger partial charge is 0.478 e. The fraction of sp³-hybridized carbons (Fsp3) is 0.600. The molecule has 148 valence electrons. The second-order valence-electron chi connectivity index (χ2n) is 6.29. The number of benzene rings is 1. The van der Waals surface area contributed by atoms with E-state index in [-0.39, 0.29) is 11.1 Å². The summed E-state index contributed by atoms with van der Waals surface area (Å²) in [5, 5.41) is 34.1. The van der Waals surface area contributed by atoms with Gasteiger partial charge in [0, 0.05) is 0 Å². The third-order valence-corrected chi connectivity index (χ3v) is 3.94. The van der Waals surface area contributed by atoms with Crippen LogP contribution in [0.15, 0.2) is 24.3 Å². The molecule has 0 spiro atoms. The molecule has 0 aliphatic carbocycles. The molecule has 6 heteroatoms. The first-order valence-corrected chi connectivity index (χ1v) is 9.31. The lowest BCUT2D eigenvalue weighted by Crippen LogP contribution is -2.02. The maximum absolute atomic E-state index is 10.3. The van der Waals surface area contributed by atoms with E-state index in [0.717, 1.165) is 12.8 Å². The van der Waals surface area contributed by atoms with Gasteiger partial charge in [-0.15, -0.1) is 0 Å². The van der Waals surface area contributed by atoms with Crippen LogP contribution >= 0.6 is 0 Å². The Morgan fingerprint density at radius 1 is 0.731 bits per heavy atom. The van der Waals surface area contributed by atoms with Gasteiger partial charge in [0.05, 0.1) is 11.1 Å². The van der Waals surface area contributed by atoms with Gasteiger partial charge in [-0.25, -0.2) is 9.59 Å². The Morgan fingerprint density at radius 3 is 1.38 bits per heavy atom. The lowest BCUT2D eigenvalue weighted by molar-refractivity contribution is -0.0466. The van der Waals surface area contributed by atoms with Gasteiger partial charge < -0.3 is 20.4 Å². The van der Waals surface area contributed by atoms with Crippen LogP contribution in [0.4, 0.5) is 0 Å². The number of hydrogen-bond acceptors (Lipinski definition) is 4. The summed E-state index contributed by atoms with van der Waals surface area (Å²) in [5.41, 5.74) is 0.167. The third-order valence-electron chi connectivity index (χ3n) is 3.94. The first-order chi connectivity index (χ1) is 12.4. The Balaban J connectivity index is 0.000000485. The molecule has 0 atom stereocenters. The summed E-state index contributed by atoms with van der Waals surface area (Å²) < 4.78 is 0. The molecule has 1 rings (SSSR count). The number of aromatic carboxylic acids is 2. The molecular formula is C20H32O6. The number of rotatable bonds is 12. The van der Waals surface area contributed by atoms with Crippen LogP contribution in [0.25, 0.3) is 0 Å². The molecule has 0 bridgehead atoms. The molecule has 0 aliphatic rings. The summed E-state index contributed by atoms with van der Waals surface area (Å²) in [4.78, 5) is 20.7. The van der Waals surface area contributed by atoms with Gasteiger partial charge in [-0.05, 0) is 37.1 Å².